The number of piperidine rings is 1. The Bertz CT molecular complexity index is 656. The molecule has 0 atom stereocenters. The minimum Gasteiger partial charge on any atom is -0.463 e. The van der Waals surface area contributed by atoms with Gasteiger partial charge in [0.2, 0.25) is 5.91 Å². The average Bonchev–Trinajstić information content (AvgIpc) is 3.24. The summed E-state index contributed by atoms with van der Waals surface area (Å²) >= 11 is 0. The number of aromatic nitrogens is 2. The first-order valence-corrected chi connectivity index (χ1v) is 8.22. The Hall–Kier alpha value is -2.37. The second kappa shape index (κ2) is 6.02. The molecule has 6 nitrogen and oxygen atoms in total. The largest absolute Gasteiger partial charge is 0.463 e. The normalized spacial score (nSPS) is 18.9. The zero-order valence-electron chi connectivity index (χ0n) is 12.9. The van der Waals surface area contributed by atoms with E-state index in [0.29, 0.717) is 6.04 Å². The molecule has 2 fully saturated rings. The zero-order chi connectivity index (χ0) is 15.6. The van der Waals surface area contributed by atoms with Crippen LogP contribution < -0.4 is 10.2 Å². The molecule has 0 radical (unpaired) electrons. The van der Waals surface area contributed by atoms with Crippen LogP contribution in [0.2, 0.25) is 0 Å². The van der Waals surface area contributed by atoms with Crippen molar-refractivity contribution < 1.29 is 9.21 Å². The molecule has 6 heteroatoms. The summed E-state index contributed by atoms with van der Waals surface area (Å²) in [5.41, 5.74) is 0.734. The van der Waals surface area contributed by atoms with Crippen LogP contribution in [0, 0.1) is 5.92 Å². The predicted octanol–water partition coefficient (Wildman–Crippen LogP) is 2.23. The first kappa shape index (κ1) is 14.2. The lowest BCUT2D eigenvalue weighted by molar-refractivity contribution is -0.125. The topological polar surface area (TPSA) is 71.3 Å². The van der Waals surface area contributed by atoms with E-state index in [-0.39, 0.29) is 11.8 Å². The maximum absolute atomic E-state index is 12.1. The molecule has 1 saturated heterocycles. The van der Waals surface area contributed by atoms with Gasteiger partial charge in [0.15, 0.2) is 11.6 Å². The highest BCUT2D eigenvalue weighted by Crippen LogP contribution is 2.25. The minimum atomic E-state index is 0.141. The van der Waals surface area contributed by atoms with Crippen molar-refractivity contribution in [1.29, 1.82) is 0 Å². The standard InChI is InChI=1S/C17H20N4O2/c22-17(18-13-3-4-13)12-7-9-21(10-8-12)16-6-5-14(19-20-16)15-2-1-11-23-15/h1-2,5-6,11-13H,3-4,7-10H2,(H,18,22). The van der Waals surface area contributed by atoms with Crippen LogP contribution >= 0.6 is 0 Å². The van der Waals surface area contributed by atoms with Gasteiger partial charge in [0.05, 0.1) is 6.26 Å². The number of rotatable bonds is 4. The van der Waals surface area contributed by atoms with Gasteiger partial charge in [-0.3, -0.25) is 4.79 Å². The predicted molar refractivity (Wildman–Crippen MR) is 85.8 cm³/mol. The molecule has 0 aromatic carbocycles. The molecule has 1 aliphatic heterocycles. The Morgan fingerprint density at radius 1 is 1.13 bits per heavy atom. The Morgan fingerprint density at radius 2 is 1.96 bits per heavy atom. The van der Waals surface area contributed by atoms with Crippen molar-refractivity contribution in [2.24, 2.45) is 5.92 Å². The summed E-state index contributed by atoms with van der Waals surface area (Å²) in [5, 5.41) is 11.6. The van der Waals surface area contributed by atoms with Crippen molar-refractivity contribution in [3.8, 4) is 11.5 Å². The Kier molecular flexibility index (Phi) is 3.73. The van der Waals surface area contributed by atoms with Crippen molar-refractivity contribution in [2.75, 3.05) is 18.0 Å². The third kappa shape index (κ3) is 3.21. The fourth-order valence-corrected chi connectivity index (χ4v) is 2.97. The zero-order valence-corrected chi connectivity index (χ0v) is 12.9. The molecule has 4 rings (SSSR count). The van der Waals surface area contributed by atoms with Gasteiger partial charge >= 0.3 is 0 Å². The Labute approximate surface area is 134 Å². The smallest absolute Gasteiger partial charge is 0.223 e. The van der Waals surface area contributed by atoms with Gasteiger partial charge in [0.1, 0.15) is 5.69 Å². The molecule has 1 N–H and O–H groups in total. The third-order valence-corrected chi connectivity index (χ3v) is 4.54. The van der Waals surface area contributed by atoms with Crippen molar-refractivity contribution in [3.63, 3.8) is 0 Å². The molecule has 3 heterocycles. The molecular formula is C17H20N4O2. The van der Waals surface area contributed by atoms with Crippen LogP contribution in [0.1, 0.15) is 25.7 Å². The number of furan rings is 1. The average molecular weight is 312 g/mol. The van der Waals surface area contributed by atoms with Gasteiger partial charge in [0, 0.05) is 25.0 Å². The molecule has 0 unspecified atom stereocenters. The van der Waals surface area contributed by atoms with Gasteiger partial charge in [-0.05, 0) is 49.9 Å². The lowest BCUT2D eigenvalue weighted by Gasteiger charge is -2.31. The van der Waals surface area contributed by atoms with E-state index in [1.165, 1.54) is 0 Å². The molecule has 2 aromatic rings. The Balaban J connectivity index is 1.35. The highest BCUT2D eigenvalue weighted by Gasteiger charge is 2.30. The summed E-state index contributed by atoms with van der Waals surface area (Å²) in [6.07, 6.45) is 5.66. The van der Waals surface area contributed by atoms with E-state index in [4.69, 9.17) is 4.42 Å². The molecule has 120 valence electrons. The molecule has 1 saturated carbocycles. The van der Waals surface area contributed by atoms with Crippen LogP contribution in [0.3, 0.4) is 0 Å². The highest BCUT2D eigenvalue weighted by molar-refractivity contribution is 5.79. The lowest BCUT2D eigenvalue weighted by atomic mass is 9.96. The molecule has 1 amide bonds. The molecule has 1 aliphatic carbocycles. The van der Waals surface area contributed by atoms with Gasteiger partial charge in [-0.15, -0.1) is 10.2 Å². The number of nitrogens with one attached hydrogen (secondary N) is 1. The number of anilines is 1. The quantitative estimate of drug-likeness (QED) is 0.937. The molecule has 2 aromatic heterocycles. The number of carbonyl (C=O) groups is 1. The van der Waals surface area contributed by atoms with Crippen LogP contribution in [0.15, 0.2) is 34.9 Å². The van der Waals surface area contributed by atoms with E-state index in [1.807, 2.05) is 24.3 Å². The van der Waals surface area contributed by atoms with Crippen LogP contribution in [0.25, 0.3) is 11.5 Å². The van der Waals surface area contributed by atoms with Gasteiger partial charge in [-0.1, -0.05) is 0 Å². The van der Waals surface area contributed by atoms with E-state index in [1.54, 1.807) is 6.26 Å². The molecule has 2 aliphatic rings. The summed E-state index contributed by atoms with van der Waals surface area (Å²) in [6.45, 7) is 1.69. The maximum atomic E-state index is 12.1. The summed E-state index contributed by atoms with van der Waals surface area (Å²) in [7, 11) is 0. The number of carbonyl (C=O) groups excluding carboxylic acids is 1. The van der Waals surface area contributed by atoms with E-state index in [9.17, 15) is 4.79 Å². The number of hydrogen-bond acceptors (Lipinski definition) is 5. The van der Waals surface area contributed by atoms with Crippen LogP contribution in [0.5, 0.6) is 0 Å². The van der Waals surface area contributed by atoms with Crippen molar-refractivity contribution in [2.45, 2.75) is 31.7 Å². The first-order valence-electron chi connectivity index (χ1n) is 8.22. The minimum absolute atomic E-state index is 0.141. The second-order valence-corrected chi connectivity index (χ2v) is 6.30. The van der Waals surface area contributed by atoms with E-state index in [2.05, 4.69) is 20.4 Å². The summed E-state index contributed by atoms with van der Waals surface area (Å²) in [4.78, 5) is 14.3. The monoisotopic (exact) mass is 312 g/mol. The third-order valence-electron chi connectivity index (χ3n) is 4.54. The molecule has 0 bridgehead atoms. The number of hydrogen-bond donors (Lipinski definition) is 1. The lowest BCUT2D eigenvalue weighted by Crippen LogP contribution is -2.41. The van der Waals surface area contributed by atoms with Gasteiger partial charge < -0.3 is 14.6 Å². The fraction of sp³-hybridized carbons (Fsp3) is 0.471. The van der Waals surface area contributed by atoms with Gasteiger partial charge in [0.25, 0.3) is 0 Å². The highest BCUT2D eigenvalue weighted by atomic mass is 16.3. The maximum Gasteiger partial charge on any atom is 0.223 e. The van der Waals surface area contributed by atoms with E-state index < -0.39 is 0 Å². The first-order chi connectivity index (χ1) is 11.3. The Morgan fingerprint density at radius 3 is 2.57 bits per heavy atom. The summed E-state index contributed by atoms with van der Waals surface area (Å²) in [6, 6.07) is 8.04. The van der Waals surface area contributed by atoms with E-state index in [0.717, 1.165) is 56.0 Å². The number of nitrogens with zero attached hydrogens (tertiary/aromatic N) is 3. The van der Waals surface area contributed by atoms with Crippen LogP contribution in [-0.4, -0.2) is 35.2 Å². The SMILES string of the molecule is O=C(NC1CC1)C1CCN(c2ccc(-c3ccco3)nn2)CC1. The molecular weight excluding hydrogens is 292 g/mol. The molecule has 0 spiro atoms. The van der Waals surface area contributed by atoms with Crippen LogP contribution in [-0.2, 0) is 4.79 Å². The van der Waals surface area contributed by atoms with Crippen molar-refractivity contribution in [3.05, 3.63) is 30.5 Å². The second-order valence-electron chi connectivity index (χ2n) is 6.30. The fourth-order valence-electron chi connectivity index (χ4n) is 2.97. The van der Waals surface area contributed by atoms with E-state index >= 15 is 0 Å². The van der Waals surface area contributed by atoms with Gasteiger partial charge in [-0.2, -0.15) is 0 Å². The summed E-state index contributed by atoms with van der Waals surface area (Å²) < 4.78 is 5.32. The molecule has 23 heavy (non-hydrogen) atoms. The number of amides is 1. The van der Waals surface area contributed by atoms with Crippen molar-refractivity contribution in [1.82, 2.24) is 15.5 Å². The van der Waals surface area contributed by atoms with Crippen LogP contribution in [0.4, 0.5) is 5.82 Å². The van der Waals surface area contributed by atoms with Crippen molar-refractivity contribution >= 4 is 11.7 Å². The van der Waals surface area contributed by atoms with Gasteiger partial charge in [-0.25, -0.2) is 0 Å². The summed E-state index contributed by atoms with van der Waals surface area (Å²) in [5.74, 6) is 1.95.